The van der Waals surface area contributed by atoms with E-state index in [2.05, 4.69) is 5.32 Å². The first-order chi connectivity index (χ1) is 8.11. The smallest absolute Gasteiger partial charge is 0.255 e. The van der Waals surface area contributed by atoms with Crippen LogP contribution in [0.5, 0.6) is 0 Å². The van der Waals surface area contributed by atoms with Gasteiger partial charge in [-0.05, 0) is 25.5 Å². The molecule has 1 saturated heterocycles. The van der Waals surface area contributed by atoms with Crippen LogP contribution >= 0.6 is 11.6 Å². The Morgan fingerprint density at radius 2 is 2.29 bits per heavy atom. The van der Waals surface area contributed by atoms with E-state index in [1.165, 1.54) is 0 Å². The summed E-state index contributed by atoms with van der Waals surface area (Å²) in [4.78, 5) is 14.3. The van der Waals surface area contributed by atoms with Gasteiger partial charge in [0.1, 0.15) is 0 Å². The first-order valence-electron chi connectivity index (χ1n) is 5.88. The van der Waals surface area contributed by atoms with Gasteiger partial charge in [0.15, 0.2) is 0 Å². The van der Waals surface area contributed by atoms with Gasteiger partial charge in [-0.2, -0.15) is 0 Å². The van der Waals surface area contributed by atoms with E-state index in [9.17, 15) is 4.79 Å². The van der Waals surface area contributed by atoms with Crippen molar-refractivity contribution in [1.82, 2.24) is 10.2 Å². The minimum absolute atomic E-state index is 0.0349. The van der Waals surface area contributed by atoms with Crippen molar-refractivity contribution in [3.8, 4) is 0 Å². The van der Waals surface area contributed by atoms with Gasteiger partial charge in [0, 0.05) is 25.7 Å². The quantitative estimate of drug-likeness (QED) is 0.830. The summed E-state index contributed by atoms with van der Waals surface area (Å²) in [6.45, 7) is 6.40. The van der Waals surface area contributed by atoms with Gasteiger partial charge in [0.2, 0.25) is 0 Å². The monoisotopic (exact) mass is 252 g/mol. The fraction of sp³-hybridized carbons (Fsp3) is 0.462. The van der Waals surface area contributed by atoms with Crippen molar-refractivity contribution in [2.75, 3.05) is 19.6 Å². The molecule has 0 bridgehead atoms. The lowest BCUT2D eigenvalue weighted by Crippen LogP contribution is -2.52. The molecule has 1 heterocycles. The van der Waals surface area contributed by atoms with Crippen LogP contribution in [0, 0.1) is 6.92 Å². The molecule has 17 heavy (non-hydrogen) atoms. The topological polar surface area (TPSA) is 32.3 Å². The molecule has 1 aromatic rings. The zero-order chi connectivity index (χ0) is 12.4. The lowest BCUT2D eigenvalue weighted by molar-refractivity contribution is 0.0656. The molecule has 1 atom stereocenters. The third-order valence-corrected chi connectivity index (χ3v) is 3.69. The molecule has 1 aliphatic rings. The van der Waals surface area contributed by atoms with Crippen LogP contribution in [0.1, 0.15) is 22.8 Å². The fourth-order valence-corrected chi connectivity index (χ4v) is 2.32. The summed E-state index contributed by atoms with van der Waals surface area (Å²) < 4.78 is 0. The number of hydrogen-bond acceptors (Lipinski definition) is 2. The zero-order valence-corrected chi connectivity index (χ0v) is 10.9. The van der Waals surface area contributed by atoms with E-state index in [0.29, 0.717) is 10.6 Å². The summed E-state index contributed by atoms with van der Waals surface area (Å²) in [5.74, 6) is 0.0349. The Morgan fingerprint density at radius 1 is 1.53 bits per heavy atom. The molecule has 1 aromatic carbocycles. The minimum atomic E-state index is 0.0349. The molecule has 0 radical (unpaired) electrons. The van der Waals surface area contributed by atoms with Crippen molar-refractivity contribution in [3.05, 3.63) is 34.3 Å². The van der Waals surface area contributed by atoms with E-state index in [4.69, 9.17) is 11.6 Å². The summed E-state index contributed by atoms with van der Waals surface area (Å²) in [6, 6.07) is 5.81. The number of benzene rings is 1. The molecule has 0 saturated carbocycles. The van der Waals surface area contributed by atoms with Crippen LogP contribution in [0.3, 0.4) is 0 Å². The normalized spacial score (nSPS) is 20.4. The van der Waals surface area contributed by atoms with Crippen molar-refractivity contribution >= 4 is 17.5 Å². The highest BCUT2D eigenvalue weighted by Gasteiger charge is 2.25. The molecule has 3 nitrogen and oxygen atoms in total. The predicted octanol–water partition coefficient (Wildman–Crippen LogP) is 2.08. The van der Waals surface area contributed by atoms with Crippen LogP contribution in [-0.2, 0) is 0 Å². The fourth-order valence-electron chi connectivity index (χ4n) is 2.11. The Hall–Kier alpha value is -1.06. The molecule has 1 amide bonds. The highest BCUT2D eigenvalue weighted by molar-refractivity contribution is 6.34. The van der Waals surface area contributed by atoms with Crippen LogP contribution in [-0.4, -0.2) is 36.5 Å². The summed E-state index contributed by atoms with van der Waals surface area (Å²) in [5.41, 5.74) is 1.56. The van der Waals surface area contributed by atoms with Crippen LogP contribution < -0.4 is 5.32 Å². The number of amides is 1. The van der Waals surface area contributed by atoms with Crippen LogP contribution in [0.15, 0.2) is 18.2 Å². The maximum Gasteiger partial charge on any atom is 0.255 e. The zero-order valence-electron chi connectivity index (χ0n) is 10.2. The Kier molecular flexibility index (Phi) is 3.69. The van der Waals surface area contributed by atoms with Crippen molar-refractivity contribution < 1.29 is 4.79 Å². The summed E-state index contributed by atoms with van der Waals surface area (Å²) >= 11 is 6.19. The van der Waals surface area contributed by atoms with Gasteiger partial charge in [0.05, 0.1) is 10.6 Å². The number of nitrogens with one attached hydrogen (secondary N) is 1. The number of carbonyl (C=O) groups excluding carboxylic acids is 1. The summed E-state index contributed by atoms with van der Waals surface area (Å²) in [7, 11) is 0. The number of carbonyl (C=O) groups is 1. The van der Waals surface area contributed by atoms with Crippen molar-refractivity contribution in [3.63, 3.8) is 0 Å². The largest absolute Gasteiger partial charge is 0.333 e. The number of rotatable bonds is 1. The van der Waals surface area contributed by atoms with Gasteiger partial charge in [-0.1, -0.05) is 23.7 Å². The van der Waals surface area contributed by atoms with E-state index < -0.39 is 0 Å². The number of nitrogens with zero attached hydrogens (tertiary/aromatic N) is 1. The van der Waals surface area contributed by atoms with Crippen molar-refractivity contribution in [2.24, 2.45) is 0 Å². The van der Waals surface area contributed by atoms with Crippen molar-refractivity contribution in [2.45, 2.75) is 19.9 Å². The number of halogens is 1. The maximum atomic E-state index is 12.4. The first kappa shape index (κ1) is 12.4. The van der Waals surface area contributed by atoms with Crippen LogP contribution in [0.25, 0.3) is 0 Å². The number of hydrogen-bond donors (Lipinski definition) is 1. The molecule has 1 unspecified atom stereocenters. The molecule has 0 aliphatic carbocycles. The Morgan fingerprint density at radius 3 is 3.00 bits per heavy atom. The molecule has 1 N–H and O–H groups in total. The van der Waals surface area contributed by atoms with Gasteiger partial charge in [-0.15, -0.1) is 0 Å². The van der Waals surface area contributed by atoms with E-state index in [1.54, 1.807) is 6.07 Å². The standard InChI is InChI=1S/C13H17ClN2O/c1-9-4-3-5-11(12(9)14)13(17)16-7-6-15-8-10(16)2/h3-5,10,15H,6-8H2,1-2H3. The van der Waals surface area contributed by atoms with E-state index >= 15 is 0 Å². The molecule has 4 heteroatoms. The molecule has 2 rings (SSSR count). The molecule has 0 aromatic heterocycles. The first-order valence-corrected chi connectivity index (χ1v) is 6.26. The highest BCUT2D eigenvalue weighted by atomic mass is 35.5. The minimum Gasteiger partial charge on any atom is -0.333 e. The predicted molar refractivity (Wildman–Crippen MR) is 69.6 cm³/mol. The van der Waals surface area contributed by atoms with Gasteiger partial charge in [-0.3, -0.25) is 4.79 Å². The van der Waals surface area contributed by atoms with E-state index in [-0.39, 0.29) is 11.9 Å². The number of piperazine rings is 1. The molecule has 0 spiro atoms. The Balaban J connectivity index is 2.27. The average molecular weight is 253 g/mol. The Bertz CT molecular complexity index is 433. The van der Waals surface area contributed by atoms with Crippen LogP contribution in [0.2, 0.25) is 5.02 Å². The summed E-state index contributed by atoms with van der Waals surface area (Å²) in [6.07, 6.45) is 0. The molecular weight excluding hydrogens is 236 g/mol. The maximum absolute atomic E-state index is 12.4. The third kappa shape index (κ3) is 2.45. The van der Waals surface area contributed by atoms with Gasteiger partial charge < -0.3 is 10.2 Å². The summed E-state index contributed by atoms with van der Waals surface area (Å²) in [5, 5.41) is 3.84. The molecular formula is C13H17ClN2O. The van der Waals surface area contributed by atoms with Crippen LogP contribution in [0.4, 0.5) is 0 Å². The van der Waals surface area contributed by atoms with E-state index in [0.717, 1.165) is 25.2 Å². The van der Waals surface area contributed by atoms with E-state index in [1.807, 2.05) is 30.9 Å². The second-order valence-corrected chi connectivity index (χ2v) is 4.87. The van der Waals surface area contributed by atoms with Gasteiger partial charge in [-0.25, -0.2) is 0 Å². The van der Waals surface area contributed by atoms with Gasteiger partial charge in [0.25, 0.3) is 5.91 Å². The molecule has 1 fully saturated rings. The van der Waals surface area contributed by atoms with Crippen molar-refractivity contribution in [1.29, 1.82) is 0 Å². The molecule has 92 valence electrons. The lowest BCUT2D eigenvalue weighted by atomic mass is 10.1. The number of aryl methyl sites for hydroxylation is 1. The Labute approximate surface area is 107 Å². The second-order valence-electron chi connectivity index (χ2n) is 4.49. The third-order valence-electron chi connectivity index (χ3n) is 3.18. The lowest BCUT2D eigenvalue weighted by Gasteiger charge is -2.34. The molecule has 1 aliphatic heterocycles. The SMILES string of the molecule is Cc1cccc(C(=O)N2CCNCC2C)c1Cl. The van der Waals surface area contributed by atoms with Gasteiger partial charge >= 0.3 is 0 Å². The average Bonchev–Trinajstić information content (AvgIpc) is 2.32. The second kappa shape index (κ2) is 5.07. The highest BCUT2D eigenvalue weighted by Crippen LogP contribution is 2.22.